The van der Waals surface area contributed by atoms with Crippen molar-refractivity contribution < 1.29 is 0 Å². The lowest BCUT2D eigenvalue weighted by Gasteiger charge is -2.31. The minimum Gasteiger partial charge on any atom is -0.316 e. The van der Waals surface area contributed by atoms with Crippen molar-refractivity contribution in [1.29, 1.82) is 0 Å². The van der Waals surface area contributed by atoms with E-state index in [0.717, 1.165) is 18.4 Å². The van der Waals surface area contributed by atoms with Gasteiger partial charge in [0.05, 0.1) is 0 Å². The van der Waals surface area contributed by atoms with Gasteiger partial charge in [-0.05, 0) is 79.0 Å². The van der Waals surface area contributed by atoms with E-state index in [1.807, 2.05) is 0 Å². The summed E-state index contributed by atoms with van der Waals surface area (Å²) in [5.74, 6) is 1.68. The van der Waals surface area contributed by atoms with Crippen molar-refractivity contribution in [3.05, 3.63) is 34.9 Å². The van der Waals surface area contributed by atoms with E-state index < -0.39 is 0 Å². The van der Waals surface area contributed by atoms with Crippen molar-refractivity contribution in [2.75, 3.05) is 13.1 Å². The molecule has 3 rings (SSSR count). The molecule has 21 heavy (non-hydrogen) atoms. The van der Waals surface area contributed by atoms with Crippen LogP contribution in [0.1, 0.15) is 56.7 Å². The van der Waals surface area contributed by atoms with E-state index in [9.17, 15) is 0 Å². The molecule has 1 fully saturated rings. The van der Waals surface area contributed by atoms with Gasteiger partial charge < -0.3 is 5.32 Å². The summed E-state index contributed by atoms with van der Waals surface area (Å²) >= 11 is 0. The molecular weight excluding hydrogens is 254 g/mol. The zero-order valence-electron chi connectivity index (χ0n) is 14.0. The Balaban J connectivity index is 1.67. The maximum absolute atomic E-state index is 3.72. The maximum atomic E-state index is 3.72. The van der Waals surface area contributed by atoms with Crippen LogP contribution in [0.4, 0.5) is 0 Å². The minimum atomic E-state index is 0.446. The number of rotatable bonds is 7. The summed E-state index contributed by atoms with van der Waals surface area (Å²) in [6.45, 7) is 9.41. The Hall–Kier alpha value is -0.820. The van der Waals surface area contributed by atoms with Gasteiger partial charge >= 0.3 is 0 Å². The Kier molecular flexibility index (Phi) is 4.40. The number of aryl methyl sites for hydroxylation is 2. The van der Waals surface area contributed by atoms with Gasteiger partial charge in [0.1, 0.15) is 0 Å². The number of benzene rings is 1. The molecule has 1 nitrogen and oxygen atoms in total. The van der Waals surface area contributed by atoms with Crippen molar-refractivity contribution >= 4 is 0 Å². The molecule has 0 aromatic heterocycles. The van der Waals surface area contributed by atoms with Gasteiger partial charge in [0.15, 0.2) is 0 Å². The van der Waals surface area contributed by atoms with Gasteiger partial charge in [0.25, 0.3) is 0 Å². The van der Waals surface area contributed by atoms with E-state index in [4.69, 9.17) is 0 Å². The van der Waals surface area contributed by atoms with Crippen LogP contribution in [0.15, 0.2) is 18.2 Å². The fourth-order valence-corrected chi connectivity index (χ4v) is 3.98. The molecule has 0 aliphatic heterocycles. The Labute approximate surface area is 130 Å². The summed E-state index contributed by atoms with van der Waals surface area (Å²) in [7, 11) is 0. The highest BCUT2D eigenvalue weighted by molar-refractivity contribution is 5.35. The molecule has 0 bridgehead atoms. The molecule has 0 spiro atoms. The van der Waals surface area contributed by atoms with E-state index in [1.165, 1.54) is 45.1 Å². The summed E-state index contributed by atoms with van der Waals surface area (Å²) in [6, 6.07) is 7.30. The van der Waals surface area contributed by atoms with E-state index in [0.29, 0.717) is 5.41 Å². The number of nitrogens with one attached hydrogen (secondary N) is 1. The molecule has 0 radical (unpaired) electrons. The largest absolute Gasteiger partial charge is 0.316 e. The average Bonchev–Trinajstić information content (AvgIpc) is 3.18. The molecule has 0 amide bonds. The second-order valence-corrected chi connectivity index (χ2v) is 8.09. The third-order valence-corrected chi connectivity index (χ3v) is 5.42. The molecule has 1 aromatic rings. The molecular formula is C20H31N. The smallest absolute Gasteiger partial charge is 0.00111 e. The van der Waals surface area contributed by atoms with Crippen molar-refractivity contribution in [2.45, 2.75) is 59.3 Å². The van der Waals surface area contributed by atoms with Crippen LogP contribution in [0, 0.1) is 17.3 Å². The summed E-state index contributed by atoms with van der Waals surface area (Å²) in [6.07, 6.45) is 8.07. The minimum absolute atomic E-state index is 0.446. The highest BCUT2D eigenvalue weighted by atomic mass is 14.9. The molecule has 2 aliphatic rings. The lowest BCUT2D eigenvalue weighted by Crippen LogP contribution is -2.37. The monoisotopic (exact) mass is 285 g/mol. The Morgan fingerprint density at radius 3 is 2.67 bits per heavy atom. The van der Waals surface area contributed by atoms with E-state index >= 15 is 0 Å². The standard InChI is InChI=1S/C20H31N/c1-15(2)13-21-14-20(3,19-9-10-19)12-16-7-8-17-5-4-6-18(17)11-16/h7-8,11,15,19,21H,4-6,9-10,12-14H2,1-3H3. The molecule has 1 heteroatoms. The van der Waals surface area contributed by atoms with Crippen LogP contribution in [0.3, 0.4) is 0 Å². The van der Waals surface area contributed by atoms with E-state index in [2.05, 4.69) is 44.3 Å². The van der Waals surface area contributed by atoms with Crippen LogP contribution in [0.5, 0.6) is 0 Å². The van der Waals surface area contributed by atoms with E-state index in [1.54, 1.807) is 16.7 Å². The first-order valence-electron chi connectivity index (χ1n) is 8.88. The van der Waals surface area contributed by atoms with Crippen LogP contribution in [0.25, 0.3) is 0 Å². The average molecular weight is 285 g/mol. The van der Waals surface area contributed by atoms with Gasteiger partial charge in [-0.15, -0.1) is 0 Å². The molecule has 1 saturated carbocycles. The first kappa shape index (κ1) is 15.1. The Morgan fingerprint density at radius 2 is 1.95 bits per heavy atom. The quantitative estimate of drug-likeness (QED) is 0.784. The second kappa shape index (κ2) is 6.12. The van der Waals surface area contributed by atoms with Crippen molar-refractivity contribution in [2.24, 2.45) is 17.3 Å². The zero-order chi connectivity index (χ0) is 14.9. The normalized spacial score (nSPS) is 20.6. The van der Waals surface area contributed by atoms with Gasteiger partial charge in [-0.1, -0.05) is 39.0 Å². The molecule has 0 heterocycles. The summed E-state index contributed by atoms with van der Waals surface area (Å²) in [4.78, 5) is 0. The first-order valence-corrected chi connectivity index (χ1v) is 8.88. The molecule has 1 unspecified atom stereocenters. The van der Waals surface area contributed by atoms with Crippen LogP contribution in [0.2, 0.25) is 0 Å². The molecule has 2 aliphatic carbocycles. The third-order valence-electron chi connectivity index (χ3n) is 5.42. The number of hydrogen-bond acceptors (Lipinski definition) is 1. The fraction of sp³-hybridized carbons (Fsp3) is 0.700. The first-order chi connectivity index (χ1) is 10.1. The predicted octanol–water partition coefficient (Wildman–Crippen LogP) is 4.38. The SMILES string of the molecule is CC(C)CNCC(C)(Cc1ccc2c(c1)CCC2)C1CC1. The molecule has 1 aromatic carbocycles. The predicted molar refractivity (Wildman–Crippen MR) is 90.7 cm³/mol. The summed E-state index contributed by atoms with van der Waals surface area (Å²) in [5, 5.41) is 3.72. The number of fused-ring (bicyclic) bond motifs is 1. The van der Waals surface area contributed by atoms with Crippen LogP contribution < -0.4 is 5.32 Å². The molecule has 116 valence electrons. The van der Waals surface area contributed by atoms with Crippen molar-refractivity contribution in [1.82, 2.24) is 5.32 Å². The van der Waals surface area contributed by atoms with E-state index in [-0.39, 0.29) is 0 Å². The second-order valence-electron chi connectivity index (χ2n) is 8.09. The van der Waals surface area contributed by atoms with Crippen LogP contribution in [-0.2, 0) is 19.3 Å². The summed E-state index contributed by atoms with van der Waals surface area (Å²) < 4.78 is 0. The van der Waals surface area contributed by atoms with Gasteiger partial charge in [-0.2, -0.15) is 0 Å². The van der Waals surface area contributed by atoms with Gasteiger partial charge in [0.2, 0.25) is 0 Å². The Bertz CT molecular complexity index is 487. The molecule has 1 N–H and O–H groups in total. The molecule has 1 atom stereocenters. The maximum Gasteiger partial charge on any atom is 0.00111 e. The van der Waals surface area contributed by atoms with Crippen LogP contribution >= 0.6 is 0 Å². The summed E-state index contributed by atoms with van der Waals surface area (Å²) in [5.41, 5.74) is 5.24. The highest BCUT2D eigenvalue weighted by Gasteiger charge is 2.41. The number of hydrogen-bond donors (Lipinski definition) is 1. The lowest BCUT2D eigenvalue weighted by molar-refractivity contribution is 0.252. The topological polar surface area (TPSA) is 12.0 Å². The van der Waals surface area contributed by atoms with Crippen LogP contribution in [-0.4, -0.2) is 13.1 Å². The lowest BCUT2D eigenvalue weighted by atomic mass is 9.78. The fourth-order valence-electron chi connectivity index (χ4n) is 3.98. The van der Waals surface area contributed by atoms with Gasteiger partial charge in [-0.3, -0.25) is 0 Å². The van der Waals surface area contributed by atoms with Gasteiger partial charge in [0, 0.05) is 6.54 Å². The van der Waals surface area contributed by atoms with Gasteiger partial charge in [-0.25, -0.2) is 0 Å². The van der Waals surface area contributed by atoms with Crippen molar-refractivity contribution in [3.63, 3.8) is 0 Å². The third kappa shape index (κ3) is 3.69. The highest BCUT2D eigenvalue weighted by Crippen LogP contribution is 2.47. The van der Waals surface area contributed by atoms with Crippen molar-refractivity contribution in [3.8, 4) is 0 Å². The molecule has 0 saturated heterocycles. The Morgan fingerprint density at radius 1 is 1.19 bits per heavy atom. The zero-order valence-corrected chi connectivity index (χ0v) is 14.0.